The number of hydrogen-bond acceptors (Lipinski definition) is 4. The predicted molar refractivity (Wildman–Crippen MR) is 134 cm³/mol. The van der Waals surface area contributed by atoms with Gasteiger partial charge in [0, 0.05) is 50.5 Å². The lowest BCUT2D eigenvalue weighted by Gasteiger charge is -2.36. The van der Waals surface area contributed by atoms with Crippen molar-refractivity contribution in [3.8, 4) is 5.75 Å². The van der Waals surface area contributed by atoms with Gasteiger partial charge in [0.1, 0.15) is 5.75 Å². The number of carbonyl (C=O) groups excluding carboxylic acids is 1. The maximum Gasteiger partial charge on any atom is 0.422 e. The van der Waals surface area contributed by atoms with Crippen LogP contribution in [0.3, 0.4) is 0 Å². The van der Waals surface area contributed by atoms with Gasteiger partial charge in [-0.05, 0) is 47.9 Å². The highest BCUT2D eigenvalue weighted by atomic mass is 19.4. The first kappa shape index (κ1) is 24.2. The third-order valence-electron chi connectivity index (χ3n) is 6.68. The van der Waals surface area contributed by atoms with Crippen LogP contribution >= 0.6 is 0 Å². The Morgan fingerprint density at radius 3 is 2.33 bits per heavy atom. The number of para-hydroxylation sites is 3. The van der Waals surface area contributed by atoms with E-state index < -0.39 is 12.8 Å². The van der Waals surface area contributed by atoms with Gasteiger partial charge in [-0.15, -0.1) is 0 Å². The fourth-order valence-electron chi connectivity index (χ4n) is 4.91. The highest BCUT2D eigenvalue weighted by Gasteiger charge is 2.30. The standard InChI is InChI=1S/C28H28F3N3O2/c29-28(30,31)20-36-26-11-4-3-10-25(26)33-16-14-32(15-17-33)19-21-6-5-8-23(18-21)27(35)34-13-12-22-7-1-2-9-24(22)34/h1-11,18H,12-17,19-20H2. The van der Waals surface area contributed by atoms with Gasteiger partial charge in [-0.1, -0.05) is 42.5 Å². The first-order valence-corrected chi connectivity index (χ1v) is 12.1. The average molecular weight is 496 g/mol. The molecule has 5 nitrogen and oxygen atoms in total. The zero-order chi connectivity index (χ0) is 25.1. The minimum atomic E-state index is -4.38. The largest absolute Gasteiger partial charge is 0.482 e. The van der Waals surface area contributed by atoms with Crippen LogP contribution in [-0.2, 0) is 13.0 Å². The molecule has 0 saturated carbocycles. The molecule has 3 aromatic carbocycles. The highest BCUT2D eigenvalue weighted by molar-refractivity contribution is 6.07. The van der Waals surface area contributed by atoms with Crippen LogP contribution in [-0.4, -0.2) is 56.3 Å². The van der Waals surface area contributed by atoms with Crippen molar-refractivity contribution >= 4 is 17.3 Å². The molecule has 5 rings (SSSR count). The molecule has 2 aliphatic heterocycles. The molecule has 0 radical (unpaired) electrons. The summed E-state index contributed by atoms with van der Waals surface area (Å²) in [5.74, 6) is 0.264. The summed E-state index contributed by atoms with van der Waals surface area (Å²) in [5, 5.41) is 0. The summed E-state index contributed by atoms with van der Waals surface area (Å²) in [7, 11) is 0. The van der Waals surface area contributed by atoms with Gasteiger partial charge in [-0.3, -0.25) is 9.69 Å². The van der Waals surface area contributed by atoms with E-state index in [0.717, 1.165) is 30.8 Å². The minimum Gasteiger partial charge on any atom is -0.482 e. The molecule has 1 amide bonds. The molecule has 0 unspecified atom stereocenters. The molecule has 1 fully saturated rings. The van der Waals surface area contributed by atoms with Crippen molar-refractivity contribution in [1.29, 1.82) is 0 Å². The lowest BCUT2D eigenvalue weighted by molar-refractivity contribution is -0.153. The summed E-state index contributed by atoms with van der Waals surface area (Å²) < 4.78 is 43.0. The van der Waals surface area contributed by atoms with E-state index in [1.807, 2.05) is 53.4 Å². The van der Waals surface area contributed by atoms with Crippen molar-refractivity contribution in [3.63, 3.8) is 0 Å². The Bertz CT molecular complexity index is 1220. The lowest BCUT2D eigenvalue weighted by Crippen LogP contribution is -2.46. The first-order valence-electron chi connectivity index (χ1n) is 12.1. The van der Waals surface area contributed by atoms with E-state index in [1.165, 1.54) is 5.56 Å². The van der Waals surface area contributed by atoms with E-state index in [9.17, 15) is 18.0 Å². The van der Waals surface area contributed by atoms with Crippen LogP contribution in [0.4, 0.5) is 24.5 Å². The van der Waals surface area contributed by atoms with Gasteiger partial charge >= 0.3 is 6.18 Å². The number of nitrogens with zero attached hydrogens (tertiary/aromatic N) is 3. The Morgan fingerprint density at radius 2 is 1.56 bits per heavy atom. The third kappa shape index (κ3) is 5.49. The number of benzene rings is 3. The number of rotatable bonds is 6. The second-order valence-corrected chi connectivity index (χ2v) is 9.17. The van der Waals surface area contributed by atoms with Crippen LogP contribution in [0.15, 0.2) is 72.8 Å². The highest BCUT2D eigenvalue weighted by Crippen LogP contribution is 2.31. The number of hydrogen-bond donors (Lipinski definition) is 0. The summed E-state index contributed by atoms with van der Waals surface area (Å²) in [6.45, 7) is 2.96. The molecular weight excluding hydrogens is 467 g/mol. The van der Waals surface area contributed by atoms with Crippen LogP contribution in [0.5, 0.6) is 5.75 Å². The number of anilines is 2. The quantitative estimate of drug-likeness (QED) is 0.474. The predicted octanol–water partition coefficient (Wildman–Crippen LogP) is 5.15. The summed E-state index contributed by atoms with van der Waals surface area (Å²) in [4.78, 5) is 19.4. The number of fused-ring (bicyclic) bond motifs is 1. The molecule has 36 heavy (non-hydrogen) atoms. The summed E-state index contributed by atoms with van der Waals surface area (Å²) in [6.07, 6.45) is -3.50. The number of ether oxygens (including phenoxy) is 1. The monoisotopic (exact) mass is 495 g/mol. The lowest BCUT2D eigenvalue weighted by atomic mass is 10.1. The Balaban J connectivity index is 1.20. The normalized spacial score (nSPS) is 16.2. The van der Waals surface area contributed by atoms with E-state index >= 15 is 0 Å². The van der Waals surface area contributed by atoms with Gasteiger partial charge in [0.2, 0.25) is 0 Å². The summed E-state index contributed by atoms with van der Waals surface area (Å²) in [5.41, 5.74) is 4.61. The summed E-state index contributed by atoms with van der Waals surface area (Å²) >= 11 is 0. The Hall–Kier alpha value is -3.52. The van der Waals surface area contributed by atoms with Gasteiger partial charge in [-0.25, -0.2) is 0 Å². The van der Waals surface area contributed by atoms with Crippen molar-refractivity contribution < 1.29 is 22.7 Å². The molecule has 0 atom stereocenters. The second-order valence-electron chi connectivity index (χ2n) is 9.17. The van der Waals surface area contributed by atoms with E-state index in [1.54, 1.807) is 18.2 Å². The molecular formula is C28H28F3N3O2. The van der Waals surface area contributed by atoms with Crippen molar-refractivity contribution in [2.45, 2.75) is 19.1 Å². The van der Waals surface area contributed by atoms with Crippen LogP contribution in [0.1, 0.15) is 21.5 Å². The molecule has 0 aromatic heterocycles. The maximum absolute atomic E-state index is 13.2. The zero-order valence-corrected chi connectivity index (χ0v) is 19.9. The molecule has 1 saturated heterocycles. The number of piperazine rings is 1. The average Bonchev–Trinajstić information content (AvgIpc) is 3.32. The van der Waals surface area contributed by atoms with E-state index in [4.69, 9.17) is 4.74 Å². The van der Waals surface area contributed by atoms with Crippen LogP contribution in [0.25, 0.3) is 0 Å². The molecule has 8 heteroatoms. The van der Waals surface area contributed by atoms with Gasteiger partial charge < -0.3 is 14.5 Å². The Morgan fingerprint density at radius 1 is 0.833 bits per heavy atom. The van der Waals surface area contributed by atoms with Gasteiger partial charge in [0.25, 0.3) is 5.91 Å². The SMILES string of the molecule is O=C(c1cccc(CN2CCN(c3ccccc3OCC(F)(F)F)CC2)c1)N1CCc2ccccc21. The van der Waals surface area contributed by atoms with Gasteiger partial charge in [0.15, 0.2) is 6.61 Å². The van der Waals surface area contributed by atoms with E-state index in [0.29, 0.717) is 37.4 Å². The van der Waals surface area contributed by atoms with Gasteiger partial charge in [0.05, 0.1) is 5.69 Å². The Labute approximate surface area is 208 Å². The number of carbonyl (C=O) groups is 1. The second kappa shape index (κ2) is 10.2. The molecule has 0 bridgehead atoms. The zero-order valence-electron chi connectivity index (χ0n) is 19.9. The smallest absolute Gasteiger partial charge is 0.422 e. The minimum absolute atomic E-state index is 0.0158. The number of amides is 1. The molecule has 0 N–H and O–H groups in total. The fraction of sp³-hybridized carbons (Fsp3) is 0.321. The van der Waals surface area contributed by atoms with E-state index in [-0.39, 0.29) is 11.7 Å². The third-order valence-corrected chi connectivity index (χ3v) is 6.68. The van der Waals surface area contributed by atoms with E-state index in [2.05, 4.69) is 15.9 Å². The number of alkyl halides is 3. The van der Waals surface area contributed by atoms with Crippen LogP contribution < -0.4 is 14.5 Å². The van der Waals surface area contributed by atoms with Crippen molar-refractivity contribution in [1.82, 2.24) is 4.90 Å². The molecule has 0 aliphatic carbocycles. The molecule has 2 heterocycles. The molecule has 2 aliphatic rings. The number of halogens is 3. The van der Waals surface area contributed by atoms with Crippen molar-refractivity contribution in [2.75, 3.05) is 49.1 Å². The van der Waals surface area contributed by atoms with Crippen LogP contribution in [0.2, 0.25) is 0 Å². The van der Waals surface area contributed by atoms with Gasteiger partial charge in [-0.2, -0.15) is 13.2 Å². The summed E-state index contributed by atoms with van der Waals surface area (Å²) in [6, 6.07) is 22.7. The van der Waals surface area contributed by atoms with Crippen LogP contribution in [0, 0.1) is 0 Å². The Kier molecular flexibility index (Phi) is 6.87. The molecule has 0 spiro atoms. The fourth-order valence-corrected chi connectivity index (χ4v) is 4.91. The maximum atomic E-state index is 13.2. The van der Waals surface area contributed by atoms with Crippen molar-refractivity contribution in [3.05, 3.63) is 89.5 Å². The molecule has 188 valence electrons. The van der Waals surface area contributed by atoms with Crippen molar-refractivity contribution in [2.24, 2.45) is 0 Å². The first-order chi connectivity index (χ1) is 17.4. The topological polar surface area (TPSA) is 36.0 Å². The molecule has 3 aromatic rings.